The maximum absolute atomic E-state index is 9.71. The van der Waals surface area contributed by atoms with E-state index in [0.29, 0.717) is 12.5 Å². The predicted octanol–water partition coefficient (Wildman–Crippen LogP) is 2.13. The van der Waals surface area contributed by atoms with Crippen LogP contribution in [-0.2, 0) is 4.74 Å². The van der Waals surface area contributed by atoms with Gasteiger partial charge in [0.1, 0.15) is 0 Å². The second kappa shape index (κ2) is 3.81. The normalized spacial score (nSPS) is 24.8. The Morgan fingerprint density at radius 1 is 1.54 bits per heavy atom. The van der Waals surface area contributed by atoms with Crippen LogP contribution in [0.4, 0.5) is 0 Å². The number of ether oxygens (including phenoxy) is 1. The van der Waals surface area contributed by atoms with Crippen LogP contribution in [0, 0.1) is 5.92 Å². The second-order valence-corrected chi connectivity index (χ2v) is 4.62. The summed E-state index contributed by atoms with van der Waals surface area (Å²) < 4.78 is 5.60. The molecule has 76 valence electrons. The average molecular weight is 184 g/mol. The van der Waals surface area contributed by atoms with Gasteiger partial charge in [-0.1, -0.05) is 19.9 Å². The lowest BCUT2D eigenvalue weighted by Crippen LogP contribution is -2.40. The lowest BCUT2D eigenvalue weighted by molar-refractivity contribution is -0.0861. The third-order valence-electron chi connectivity index (χ3n) is 2.57. The van der Waals surface area contributed by atoms with Gasteiger partial charge in [-0.15, -0.1) is 0 Å². The van der Waals surface area contributed by atoms with Crippen molar-refractivity contribution in [3.05, 3.63) is 11.6 Å². The van der Waals surface area contributed by atoms with Crippen molar-refractivity contribution in [1.29, 1.82) is 0 Å². The molecule has 2 nitrogen and oxygen atoms in total. The average Bonchev–Trinajstić information content (AvgIpc) is 2.03. The van der Waals surface area contributed by atoms with Gasteiger partial charge in [-0.05, 0) is 31.8 Å². The highest BCUT2D eigenvalue weighted by atomic mass is 16.5. The number of rotatable bonds is 2. The monoisotopic (exact) mass is 184 g/mol. The molecule has 1 heterocycles. The Balaban J connectivity index is 2.56. The van der Waals surface area contributed by atoms with E-state index in [-0.39, 0.29) is 6.10 Å². The molecule has 1 atom stereocenters. The molecule has 1 N–H and O–H groups in total. The lowest BCUT2D eigenvalue weighted by Gasteiger charge is -2.32. The highest BCUT2D eigenvalue weighted by Gasteiger charge is 2.29. The van der Waals surface area contributed by atoms with Crippen molar-refractivity contribution in [1.82, 2.24) is 0 Å². The Kier molecular flexibility index (Phi) is 3.14. The first-order valence-electron chi connectivity index (χ1n) is 4.94. The van der Waals surface area contributed by atoms with Crippen molar-refractivity contribution in [2.24, 2.45) is 5.92 Å². The quantitative estimate of drug-likeness (QED) is 0.666. The van der Waals surface area contributed by atoms with Gasteiger partial charge in [0.05, 0.1) is 18.3 Å². The molecule has 1 aliphatic rings. The molecule has 1 aliphatic heterocycles. The molecule has 0 bridgehead atoms. The molecule has 0 amide bonds. The summed E-state index contributed by atoms with van der Waals surface area (Å²) in [6.45, 7) is 8.60. The van der Waals surface area contributed by atoms with Crippen LogP contribution in [-0.4, -0.2) is 23.4 Å². The lowest BCUT2D eigenvalue weighted by atomic mass is 9.93. The molecule has 0 aliphatic carbocycles. The number of hydrogen-bond acceptors (Lipinski definition) is 2. The van der Waals surface area contributed by atoms with Gasteiger partial charge in [0.15, 0.2) is 0 Å². The Bertz CT molecular complexity index is 199. The fraction of sp³-hybridized carbons (Fsp3) is 0.818. The van der Waals surface area contributed by atoms with Gasteiger partial charge < -0.3 is 9.84 Å². The predicted molar refractivity (Wildman–Crippen MR) is 53.6 cm³/mol. The molecule has 0 aromatic rings. The van der Waals surface area contributed by atoms with Crippen molar-refractivity contribution in [2.75, 3.05) is 6.61 Å². The van der Waals surface area contributed by atoms with Gasteiger partial charge in [0.2, 0.25) is 0 Å². The third-order valence-corrected chi connectivity index (χ3v) is 2.57. The van der Waals surface area contributed by atoms with Gasteiger partial charge in [-0.2, -0.15) is 0 Å². The summed E-state index contributed by atoms with van der Waals surface area (Å²) in [5, 5.41) is 9.71. The highest BCUT2D eigenvalue weighted by Crippen LogP contribution is 2.24. The minimum Gasteiger partial charge on any atom is -0.388 e. The van der Waals surface area contributed by atoms with Gasteiger partial charge in [-0.3, -0.25) is 0 Å². The van der Waals surface area contributed by atoms with Gasteiger partial charge >= 0.3 is 0 Å². The summed E-state index contributed by atoms with van der Waals surface area (Å²) in [4.78, 5) is 0. The summed E-state index contributed by atoms with van der Waals surface area (Å²) in [5.74, 6) is 0.558. The van der Waals surface area contributed by atoms with Crippen LogP contribution in [0.25, 0.3) is 0 Å². The Morgan fingerprint density at radius 3 is 2.46 bits per heavy atom. The maximum atomic E-state index is 9.71. The van der Waals surface area contributed by atoms with E-state index >= 15 is 0 Å². The molecule has 0 radical (unpaired) electrons. The minimum atomic E-state index is -0.723. The Morgan fingerprint density at radius 2 is 2.15 bits per heavy atom. The SMILES string of the molecule is CC(C)C1=CCC(C(C)(C)O)OC1. The van der Waals surface area contributed by atoms with Crippen LogP contribution in [0.15, 0.2) is 11.6 Å². The standard InChI is InChI=1S/C11H20O2/c1-8(2)9-5-6-10(13-7-9)11(3,4)12/h5,8,10,12H,6-7H2,1-4H3. The molecule has 13 heavy (non-hydrogen) atoms. The second-order valence-electron chi connectivity index (χ2n) is 4.62. The van der Waals surface area contributed by atoms with Crippen molar-refractivity contribution in [2.45, 2.75) is 45.8 Å². The molecule has 0 saturated heterocycles. The summed E-state index contributed by atoms with van der Waals surface area (Å²) in [5.41, 5.74) is 0.624. The van der Waals surface area contributed by atoms with Gasteiger partial charge in [0.25, 0.3) is 0 Å². The minimum absolute atomic E-state index is 0.0463. The van der Waals surface area contributed by atoms with Gasteiger partial charge in [0, 0.05) is 0 Å². The first kappa shape index (κ1) is 10.7. The van der Waals surface area contributed by atoms with E-state index in [4.69, 9.17) is 4.74 Å². The first-order valence-corrected chi connectivity index (χ1v) is 4.94. The molecule has 1 unspecified atom stereocenters. The zero-order valence-corrected chi connectivity index (χ0v) is 9.00. The third kappa shape index (κ3) is 2.82. The molecule has 0 fully saturated rings. The fourth-order valence-corrected chi connectivity index (χ4v) is 1.48. The fourth-order valence-electron chi connectivity index (χ4n) is 1.48. The van der Waals surface area contributed by atoms with Crippen molar-refractivity contribution in [3.63, 3.8) is 0 Å². The summed E-state index contributed by atoms with van der Waals surface area (Å²) in [6.07, 6.45) is 2.99. The number of hydrogen-bond donors (Lipinski definition) is 1. The summed E-state index contributed by atoms with van der Waals surface area (Å²) >= 11 is 0. The van der Waals surface area contributed by atoms with E-state index in [0.717, 1.165) is 6.42 Å². The molecule has 0 aromatic carbocycles. The smallest absolute Gasteiger partial charge is 0.0895 e. The van der Waals surface area contributed by atoms with Crippen LogP contribution < -0.4 is 0 Å². The zero-order valence-electron chi connectivity index (χ0n) is 9.00. The molecule has 0 saturated carbocycles. The molecular formula is C11H20O2. The molecule has 1 rings (SSSR count). The number of aliphatic hydroxyl groups is 1. The van der Waals surface area contributed by atoms with Crippen molar-refractivity contribution < 1.29 is 9.84 Å². The van der Waals surface area contributed by atoms with E-state index in [1.807, 2.05) is 0 Å². The van der Waals surface area contributed by atoms with E-state index in [1.54, 1.807) is 13.8 Å². The zero-order chi connectivity index (χ0) is 10.1. The summed E-state index contributed by atoms with van der Waals surface area (Å²) in [6, 6.07) is 0. The van der Waals surface area contributed by atoms with Crippen LogP contribution in [0.1, 0.15) is 34.1 Å². The molecule has 2 heteroatoms. The van der Waals surface area contributed by atoms with E-state index in [9.17, 15) is 5.11 Å². The molecule has 0 spiro atoms. The van der Waals surface area contributed by atoms with Crippen molar-refractivity contribution >= 4 is 0 Å². The van der Waals surface area contributed by atoms with E-state index in [2.05, 4.69) is 19.9 Å². The summed E-state index contributed by atoms with van der Waals surface area (Å²) in [7, 11) is 0. The topological polar surface area (TPSA) is 29.5 Å². The maximum Gasteiger partial charge on any atom is 0.0895 e. The highest BCUT2D eigenvalue weighted by molar-refractivity contribution is 5.10. The van der Waals surface area contributed by atoms with Crippen LogP contribution in [0.3, 0.4) is 0 Å². The van der Waals surface area contributed by atoms with Crippen LogP contribution >= 0.6 is 0 Å². The molecular weight excluding hydrogens is 164 g/mol. The van der Waals surface area contributed by atoms with Crippen LogP contribution in [0.2, 0.25) is 0 Å². The van der Waals surface area contributed by atoms with Crippen LogP contribution in [0.5, 0.6) is 0 Å². The largest absolute Gasteiger partial charge is 0.388 e. The van der Waals surface area contributed by atoms with E-state index in [1.165, 1.54) is 5.57 Å². The van der Waals surface area contributed by atoms with E-state index < -0.39 is 5.60 Å². The Labute approximate surface area is 80.6 Å². The Hall–Kier alpha value is -0.340. The van der Waals surface area contributed by atoms with Gasteiger partial charge in [-0.25, -0.2) is 0 Å². The first-order chi connectivity index (χ1) is 5.91. The van der Waals surface area contributed by atoms with Crippen molar-refractivity contribution in [3.8, 4) is 0 Å². The molecule has 0 aromatic heterocycles.